The van der Waals surface area contributed by atoms with Crippen molar-refractivity contribution in [1.82, 2.24) is 0 Å². The molecule has 2 aromatic carbocycles. The van der Waals surface area contributed by atoms with Crippen molar-refractivity contribution < 1.29 is 18.3 Å². The molecule has 0 aromatic heterocycles. The molecule has 0 bridgehead atoms. The van der Waals surface area contributed by atoms with Crippen LogP contribution in [0.4, 0.5) is 0 Å². The van der Waals surface area contributed by atoms with Crippen LogP contribution >= 0.6 is 0 Å². The van der Waals surface area contributed by atoms with Crippen molar-refractivity contribution in [2.75, 3.05) is 6.26 Å². The van der Waals surface area contributed by atoms with Gasteiger partial charge in [0, 0.05) is 12.3 Å². The SMILES string of the molecule is CS(=O)(=O)c1cc(Oc2ccccc2)ccc1O. The third kappa shape index (κ3) is 2.81. The first-order chi connectivity index (χ1) is 8.47. The minimum Gasteiger partial charge on any atom is -0.507 e. The highest BCUT2D eigenvalue weighted by Crippen LogP contribution is 2.29. The largest absolute Gasteiger partial charge is 0.507 e. The number of phenolic OH excluding ortho intramolecular Hbond substituents is 1. The lowest BCUT2D eigenvalue weighted by Crippen LogP contribution is -1.98. The third-order valence-electron chi connectivity index (χ3n) is 2.31. The van der Waals surface area contributed by atoms with Gasteiger partial charge in [-0.2, -0.15) is 0 Å². The van der Waals surface area contributed by atoms with E-state index in [-0.39, 0.29) is 10.6 Å². The van der Waals surface area contributed by atoms with E-state index in [1.54, 1.807) is 12.1 Å². The Bertz CT molecular complexity index is 648. The van der Waals surface area contributed by atoms with Gasteiger partial charge in [-0.1, -0.05) is 18.2 Å². The maximum atomic E-state index is 11.4. The fraction of sp³-hybridized carbons (Fsp3) is 0.0769. The normalized spacial score (nSPS) is 11.2. The number of benzene rings is 2. The Labute approximate surface area is 105 Å². The first-order valence-corrected chi connectivity index (χ1v) is 7.12. The van der Waals surface area contributed by atoms with Gasteiger partial charge in [0.15, 0.2) is 9.84 Å². The second kappa shape index (κ2) is 4.70. The molecular formula is C13H12O4S. The number of ether oxygens (including phenoxy) is 1. The van der Waals surface area contributed by atoms with Crippen molar-refractivity contribution in [2.24, 2.45) is 0 Å². The van der Waals surface area contributed by atoms with E-state index < -0.39 is 9.84 Å². The zero-order valence-corrected chi connectivity index (χ0v) is 10.5. The highest BCUT2D eigenvalue weighted by atomic mass is 32.2. The monoisotopic (exact) mass is 264 g/mol. The molecule has 0 radical (unpaired) electrons. The summed E-state index contributed by atoms with van der Waals surface area (Å²) in [4.78, 5) is -0.143. The van der Waals surface area contributed by atoms with Gasteiger partial charge >= 0.3 is 0 Å². The Morgan fingerprint density at radius 2 is 1.67 bits per heavy atom. The molecule has 0 amide bonds. The van der Waals surface area contributed by atoms with Crippen molar-refractivity contribution in [1.29, 1.82) is 0 Å². The van der Waals surface area contributed by atoms with Gasteiger partial charge in [-0.3, -0.25) is 0 Å². The molecule has 0 spiro atoms. The summed E-state index contributed by atoms with van der Waals surface area (Å²) < 4.78 is 28.4. The van der Waals surface area contributed by atoms with Crippen molar-refractivity contribution in [3.63, 3.8) is 0 Å². The Kier molecular flexibility index (Phi) is 3.25. The van der Waals surface area contributed by atoms with E-state index in [2.05, 4.69) is 0 Å². The Balaban J connectivity index is 2.37. The van der Waals surface area contributed by atoms with Crippen molar-refractivity contribution in [2.45, 2.75) is 4.90 Å². The van der Waals surface area contributed by atoms with Gasteiger partial charge in [0.1, 0.15) is 22.1 Å². The van der Waals surface area contributed by atoms with Crippen molar-refractivity contribution >= 4 is 9.84 Å². The van der Waals surface area contributed by atoms with Crippen molar-refractivity contribution in [3.05, 3.63) is 48.5 Å². The number of sulfone groups is 1. The second-order valence-electron chi connectivity index (χ2n) is 3.82. The summed E-state index contributed by atoms with van der Waals surface area (Å²) >= 11 is 0. The Hall–Kier alpha value is -2.01. The molecule has 94 valence electrons. The standard InChI is InChI=1S/C13H12O4S/c1-18(15,16)13-9-11(7-8-12(13)14)17-10-5-3-2-4-6-10/h2-9,14H,1H3. The minimum absolute atomic E-state index is 0.143. The third-order valence-corrected chi connectivity index (χ3v) is 3.44. The van der Waals surface area contributed by atoms with E-state index in [1.165, 1.54) is 18.2 Å². The lowest BCUT2D eigenvalue weighted by molar-refractivity contribution is 0.449. The summed E-state index contributed by atoms with van der Waals surface area (Å²) in [5.41, 5.74) is 0. The molecular weight excluding hydrogens is 252 g/mol. The molecule has 1 N–H and O–H groups in total. The summed E-state index contributed by atoms with van der Waals surface area (Å²) in [6, 6.07) is 13.1. The van der Waals surface area contributed by atoms with E-state index in [0.717, 1.165) is 6.26 Å². The van der Waals surface area contributed by atoms with Crippen molar-refractivity contribution in [3.8, 4) is 17.2 Å². The number of para-hydroxylation sites is 1. The predicted molar refractivity (Wildman–Crippen MR) is 67.7 cm³/mol. The number of hydrogen-bond donors (Lipinski definition) is 1. The molecule has 0 aliphatic rings. The minimum atomic E-state index is -3.48. The molecule has 0 fully saturated rings. The van der Waals surface area contributed by atoms with Crippen LogP contribution < -0.4 is 4.74 Å². The van der Waals surface area contributed by atoms with Gasteiger partial charge in [0.05, 0.1) is 0 Å². The first kappa shape index (κ1) is 12.4. The lowest BCUT2D eigenvalue weighted by atomic mass is 10.3. The molecule has 0 saturated carbocycles. The molecule has 0 saturated heterocycles. The Morgan fingerprint density at radius 3 is 2.28 bits per heavy atom. The summed E-state index contributed by atoms with van der Waals surface area (Å²) in [5.74, 6) is 0.681. The Morgan fingerprint density at radius 1 is 1.00 bits per heavy atom. The highest BCUT2D eigenvalue weighted by Gasteiger charge is 2.14. The number of aromatic hydroxyl groups is 1. The second-order valence-corrected chi connectivity index (χ2v) is 5.80. The van der Waals surface area contributed by atoms with Crippen LogP contribution in [0.15, 0.2) is 53.4 Å². The average molecular weight is 264 g/mol. The van der Waals surface area contributed by atoms with Crippen LogP contribution in [0.2, 0.25) is 0 Å². The number of rotatable bonds is 3. The van der Waals surface area contributed by atoms with Gasteiger partial charge in [-0.05, 0) is 24.3 Å². The lowest BCUT2D eigenvalue weighted by Gasteiger charge is -2.08. The number of hydrogen-bond acceptors (Lipinski definition) is 4. The molecule has 2 rings (SSSR count). The van der Waals surface area contributed by atoms with Crippen LogP contribution in [0.1, 0.15) is 0 Å². The zero-order valence-electron chi connectivity index (χ0n) is 9.70. The molecule has 0 aliphatic carbocycles. The number of phenols is 1. The van der Waals surface area contributed by atoms with Crippen LogP contribution in [0.5, 0.6) is 17.2 Å². The van der Waals surface area contributed by atoms with Crippen LogP contribution in [-0.2, 0) is 9.84 Å². The molecule has 0 aliphatic heterocycles. The topological polar surface area (TPSA) is 63.6 Å². The molecule has 4 nitrogen and oxygen atoms in total. The van der Waals surface area contributed by atoms with E-state index in [4.69, 9.17) is 4.74 Å². The molecule has 2 aromatic rings. The quantitative estimate of drug-likeness (QED) is 0.925. The first-order valence-electron chi connectivity index (χ1n) is 5.23. The summed E-state index contributed by atoms with van der Waals surface area (Å²) in [7, 11) is -3.48. The van der Waals surface area contributed by atoms with Gasteiger partial charge in [-0.15, -0.1) is 0 Å². The predicted octanol–water partition coefficient (Wildman–Crippen LogP) is 2.59. The fourth-order valence-electron chi connectivity index (χ4n) is 1.48. The van der Waals surface area contributed by atoms with Crippen LogP contribution in [0, 0.1) is 0 Å². The summed E-state index contributed by atoms with van der Waals surface area (Å²) in [6.07, 6.45) is 1.04. The molecule has 0 atom stereocenters. The van der Waals surface area contributed by atoms with Gasteiger partial charge in [-0.25, -0.2) is 8.42 Å². The maximum absolute atomic E-state index is 11.4. The van der Waals surface area contributed by atoms with E-state index in [1.807, 2.05) is 18.2 Å². The van der Waals surface area contributed by atoms with Gasteiger partial charge in [0.25, 0.3) is 0 Å². The maximum Gasteiger partial charge on any atom is 0.179 e. The zero-order chi connectivity index (χ0) is 13.2. The van der Waals surface area contributed by atoms with Crippen LogP contribution in [0.3, 0.4) is 0 Å². The van der Waals surface area contributed by atoms with E-state index >= 15 is 0 Å². The average Bonchev–Trinajstić information content (AvgIpc) is 2.31. The van der Waals surface area contributed by atoms with Gasteiger partial charge in [0.2, 0.25) is 0 Å². The smallest absolute Gasteiger partial charge is 0.179 e. The molecule has 5 heteroatoms. The molecule has 18 heavy (non-hydrogen) atoms. The molecule has 0 unspecified atom stereocenters. The van der Waals surface area contributed by atoms with E-state index in [9.17, 15) is 13.5 Å². The summed E-state index contributed by atoms with van der Waals surface area (Å²) in [5, 5.41) is 9.50. The fourth-order valence-corrected chi connectivity index (χ4v) is 2.26. The summed E-state index contributed by atoms with van der Waals surface area (Å²) in [6.45, 7) is 0. The van der Waals surface area contributed by atoms with E-state index in [0.29, 0.717) is 11.5 Å². The van der Waals surface area contributed by atoms with Crippen LogP contribution in [0.25, 0.3) is 0 Å². The highest BCUT2D eigenvalue weighted by molar-refractivity contribution is 7.90. The van der Waals surface area contributed by atoms with Crippen LogP contribution in [-0.4, -0.2) is 19.8 Å². The molecule has 0 heterocycles. The van der Waals surface area contributed by atoms with Gasteiger partial charge < -0.3 is 9.84 Å².